The van der Waals surface area contributed by atoms with Crippen LogP contribution in [-0.4, -0.2) is 16.8 Å². The molecule has 0 atom stereocenters. The first-order chi connectivity index (χ1) is 12.6. The monoisotopic (exact) mass is 427 g/mol. The number of hydrogen-bond donors (Lipinski definition) is 2. The van der Waals surface area contributed by atoms with E-state index in [2.05, 4.69) is 31.5 Å². The molecule has 0 aliphatic heterocycles. The molecule has 26 heavy (non-hydrogen) atoms. The number of carbonyl (C=O) groups excluding carboxylic acids is 2. The van der Waals surface area contributed by atoms with Gasteiger partial charge in [-0.3, -0.25) is 14.6 Å². The van der Waals surface area contributed by atoms with Crippen LogP contribution in [0.4, 0.5) is 5.69 Å². The number of anilines is 1. The van der Waals surface area contributed by atoms with Gasteiger partial charge >= 0.3 is 0 Å². The van der Waals surface area contributed by atoms with E-state index in [1.165, 1.54) is 11.3 Å². The molecule has 1 aromatic carbocycles. The fraction of sp³-hybridized carbons (Fsp3) is 0. The lowest BCUT2D eigenvalue weighted by molar-refractivity contribution is -0.113. The van der Waals surface area contributed by atoms with Gasteiger partial charge in [-0.2, -0.15) is 0 Å². The Kier molecular flexibility index (Phi) is 5.93. The van der Waals surface area contributed by atoms with Crippen molar-refractivity contribution in [3.05, 3.63) is 86.9 Å². The molecule has 3 rings (SSSR count). The topological polar surface area (TPSA) is 71.1 Å². The molecule has 0 radical (unpaired) electrons. The maximum atomic E-state index is 12.7. The van der Waals surface area contributed by atoms with Crippen LogP contribution in [0.1, 0.15) is 15.2 Å². The number of nitrogens with one attached hydrogen (secondary N) is 2. The molecule has 0 saturated heterocycles. The Morgan fingerprint density at radius 3 is 2.69 bits per heavy atom. The number of benzene rings is 1. The number of thiophene rings is 1. The number of halogens is 1. The molecule has 130 valence electrons. The number of hydrogen-bond acceptors (Lipinski definition) is 4. The number of carbonyl (C=O) groups is 2. The lowest BCUT2D eigenvalue weighted by atomic mass is 10.2. The zero-order chi connectivity index (χ0) is 18.4. The summed E-state index contributed by atoms with van der Waals surface area (Å²) in [6, 6.07) is 14.3. The number of nitrogens with zero attached hydrogens (tertiary/aromatic N) is 1. The normalized spacial score (nSPS) is 11.0. The van der Waals surface area contributed by atoms with E-state index in [1.54, 1.807) is 60.2 Å². The van der Waals surface area contributed by atoms with E-state index in [4.69, 9.17) is 0 Å². The first kappa shape index (κ1) is 18.0. The van der Waals surface area contributed by atoms with Crippen LogP contribution in [0.25, 0.3) is 6.08 Å². The summed E-state index contributed by atoms with van der Waals surface area (Å²) in [6.45, 7) is 0. The minimum Gasteiger partial charge on any atom is -0.321 e. The van der Waals surface area contributed by atoms with Gasteiger partial charge in [0.1, 0.15) is 5.70 Å². The molecular weight excluding hydrogens is 414 g/mol. The molecule has 2 heterocycles. The summed E-state index contributed by atoms with van der Waals surface area (Å²) in [7, 11) is 0. The molecular formula is C19H14BrN3O2S. The van der Waals surface area contributed by atoms with Crippen molar-refractivity contribution in [2.24, 2.45) is 0 Å². The molecule has 0 fully saturated rings. The highest BCUT2D eigenvalue weighted by Crippen LogP contribution is 2.17. The summed E-state index contributed by atoms with van der Waals surface area (Å²) in [5.74, 6) is -0.753. The molecule has 0 bridgehead atoms. The first-order valence-corrected chi connectivity index (χ1v) is 9.32. The summed E-state index contributed by atoms with van der Waals surface area (Å²) in [4.78, 5) is 29.6. The van der Waals surface area contributed by atoms with Crippen LogP contribution in [0.3, 0.4) is 0 Å². The molecule has 0 aliphatic rings. The van der Waals surface area contributed by atoms with Crippen molar-refractivity contribution in [2.45, 2.75) is 0 Å². The largest absolute Gasteiger partial charge is 0.321 e. The predicted octanol–water partition coefficient (Wildman–Crippen LogP) is 4.32. The summed E-state index contributed by atoms with van der Waals surface area (Å²) >= 11 is 4.67. The van der Waals surface area contributed by atoms with Crippen LogP contribution < -0.4 is 10.6 Å². The highest BCUT2D eigenvalue weighted by Gasteiger charge is 2.15. The van der Waals surface area contributed by atoms with Gasteiger partial charge in [0.2, 0.25) is 0 Å². The highest BCUT2D eigenvalue weighted by molar-refractivity contribution is 9.10. The van der Waals surface area contributed by atoms with E-state index in [9.17, 15) is 9.59 Å². The van der Waals surface area contributed by atoms with Gasteiger partial charge in [0, 0.05) is 22.6 Å². The van der Waals surface area contributed by atoms with Crippen LogP contribution >= 0.6 is 27.3 Å². The Morgan fingerprint density at radius 2 is 2.00 bits per heavy atom. The predicted molar refractivity (Wildman–Crippen MR) is 107 cm³/mol. The third kappa shape index (κ3) is 4.87. The average Bonchev–Trinajstić information content (AvgIpc) is 3.17. The highest BCUT2D eigenvalue weighted by atomic mass is 79.9. The standard InChI is InChI=1S/C19H14BrN3O2S/c20-14-5-1-6-15(11-14)22-18(24)16(10-13-4-2-8-21-12-13)23-19(25)17-7-3-9-26-17/h1-12H,(H,22,24)(H,23,25)/b16-10+. The molecule has 0 unspecified atom stereocenters. The van der Waals surface area contributed by atoms with Crippen molar-refractivity contribution in [2.75, 3.05) is 5.32 Å². The number of pyridine rings is 1. The quantitative estimate of drug-likeness (QED) is 0.595. The van der Waals surface area contributed by atoms with Gasteiger partial charge in [0.25, 0.3) is 11.8 Å². The second kappa shape index (κ2) is 8.55. The van der Waals surface area contributed by atoms with Gasteiger partial charge in [-0.15, -0.1) is 11.3 Å². The fourth-order valence-electron chi connectivity index (χ4n) is 2.14. The van der Waals surface area contributed by atoms with Crippen molar-refractivity contribution < 1.29 is 9.59 Å². The Balaban J connectivity index is 1.85. The minimum absolute atomic E-state index is 0.136. The number of aromatic nitrogens is 1. The third-order valence-corrected chi connectivity index (χ3v) is 4.68. The summed E-state index contributed by atoms with van der Waals surface area (Å²) in [5.41, 5.74) is 1.46. The van der Waals surface area contributed by atoms with Crippen molar-refractivity contribution in [1.29, 1.82) is 0 Å². The second-order valence-corrected chi connectivity index (χ2v) is 7.10. The molecule has 2 aromatic heterocycles. The fourth-order valence-corrected chi connectivity index (χ4v) is 3.16. The van der Waals surface area contributed by atoms with E-state index in [0.717, 1.165) is 4.47 Å². The Labute approximate surface area is 162 Å². The van der Waals surface area contributed by atoms with Gasteiger partial charge in [-0.25, -0.2) is 0 Å². The second-order valence-electron chi connectivity index (χ2n) is 5.24. The summed E-state index contributed by atoms with van der Waals surface area (Å²) in [5, 5.41) is 7.27. The number of amides is 2. The molecule has 2 N–H and O–H groups in total. The van der Waals surface area contributed by atoms with E-state index in [-0.39, 0.29) is 11.6 Å². The maximum absolute atomic E-state index is 12.7. The van der Waals surface area contributed by atoms with Gasteiger partial charge in [0.05, 0.1) is 4.88 Å². The molecule has 0 saturated carbocycles. The van der Waals surface area contributed by atoms with E-state index >= 15 is 0 Å². The smallest absolute Gasteiger partial charge is 0.272 e. The summed E-state index contributed by atoms with van der Waals surface area (Å²) < 4.78 is 0.843. The Morgan fingerprint density at radius 1 is 1.12 bits per heavy atom. The molecule has 5 nitrogen and oxygen atoms in total. The van der Waals surface area contributed by atoms with Gasteiger partial charge in [-0.05, 0) is 47.4 Å². The van der Waals surface area contributed by atoms with Gasteiger partial charge < -0.3 is 10.6 Å². The van der Waals surface area contributed by atoms with Crippen LogP contribution in [0.15, 0.2) is 76.5 Å². The van der Waals surface area contributed by atoms with Gasteiger partial charge in [-0.1, -0.05) is 34.1 Å². The maximum Gasteiger partial charge on any atom is 0.272 e. The Bertz CT molecular complexity index is 940. The van der Waals surface area contributed by atoms with E-state index < -0.39 is 5.91 Å². The van der Waals surface area contributed by atoms with Crippen LogP contribution in [0.5, 0.6) is 0 Å². The number of rotatable bonds is 5. The van der Waals surface area contributed by atoms with Crippen molar-refractivity contribution >= 4 is 50.8 Å². The van der Waals surface area contributed by atoms with E-state index in [1.807, 2.05) is 12.1 Å². The van der Waals surface area contributed by atoms with Gasteiger partial charge in [0.15, 0.2) is 0 Å². The average molecular weight is 428 g/mol. The lowest BCUT2D eigenvalue weighted by Gasteiger charge is -2.11. The molecule has 3 aromatic rings. The molecule has 0 aliphatic carbocycles. The summed E-state index contributed by atoms with van der Waals surface area (Å²) in [6.07, 6.45) is 4.85. The van der Waals surface area contributed by atoms with Crippen molar-refractivity contribution in [1.82, 2.24) is 10.3 Å². The molecule has 7 heteroatoms. The molecule has 2 amide bonds. The lowest BCUT2D eigenvalue weighted by Crippen LogP contribution is -2.30. The van der Waals surface area contributed by atoms with Crippen molar-refractivity contribution in [3.63, 3.8) is 0 Å². The van der Waals surface area contributed by atoms with Crippen LogP contribution in [-0.2, 0) is 4.79 Å². The Hall–Kier alpha value is -2.77. The van der Waals surface area contributed by atoms with Crippen molar-refractivity contribution in [3.8, 4) is 0 Å². The zero-order valence-corrected chi connectivity index (χ0v) is 15.9. The SMILES string of the molecule is O=C(Nc1cccc(Br)c1)/C(=C\c1cccnc1)NC(=O)c1cccs1. The third-order valence-electron chi connectivity index (χ3n) is 3.32. The minimum atomic E-state index is -0.420. The zero-order valence-electron chi connectivity index (χ0n) is 13.5. The first-order valence-electron chi connectivity index (χ1n) is 7.65. The van der Waals surface area contributed by atoms with Crippen LogP contribution in [0.2, 0.25) is 0 Å². The molecule has 0 spiro atoms. The van der Waals surface area contributed by atoms with E-state index in [0.29, 0.717) is 16.1 Å². The van der Waals surface area contributed by atoms with Crippen LogP contribution in [0, 0.1) is 0 Å².